The van der Waals surface area contributed by atoms with Crippen molar-refractivity contribution < 1.29 is 9.13 Å². The van der Waals surface area contributed by atoms with Crippen molar-refractivity contribution in [3.8, 4) is 5.75 Å². The number of ether oxygens (including phenoxy) is 1. The summed E-state index contributed by atoms with van der Waals surface area (Å²) >= 11 is 0. The molecule has 1 aromatic rings. The predicted molar refractivity (Wildman–Crippen MR) is 87.8 cm³/mol. The Morgan fingerprint density at radius 2 is 2.18 bits per heavy atom. The van der Waals surface area contributed by atoms with E-state index in [2.05, 4.69) is 5.10 Å². The van der Waals surface area contributed by atoms with Crippen LogP contribution in [0.1, 0.15) is 25.8 Å². The zero-order valence-corrected chi connectivity index (χ0v) is 13.0. The van der Waals surface area contributed by atoms with Gasteiger partial charge in [0, 0.05) is 24.6 Å². The number of nitrogens with two attached hydrogens (primary N) is 1. The molecule has 0 radical (unpaired) electrons. The second kappa shape index (κ2) is 6.93. The van der Waals surface area contributed by atoms with Crippen LogP contribution in [0.5, 0.6) is 5.75 Å². The van der Waals surface area contributed by atoms with E-state index in [4.69, 9.17) is 10.5 Å². The molecule has 116 valence electrons. The molecule has 4 nitrogen and oxygen atoms in total. The Bertz CT molecular complexity index is 675. The Kier molecular flexibility index (Phi) is 4.99. The zero-order chi connectivity index (χ0) is 16.1. The highest BCUT2D eigenvalue weighted by Gasteiger charge is 2.13. The zero-order valence-electron chi connectivity index (χ0n) is 13.0. The van der Waals surface area contributed by atoms with Crippen LogP contribution in [0.25, 0.3) is 0 Å². The number of hydrazone groups is 1. The summed E-state index contributed by atoms with van der Waals surface area (Å²) in [7, 11) is 0. The molecule has 0 aliphatic carbocycles. The second-order valence-corrected chi connectivity index (χ2v) is 4.86. The molecule has 5 heteroatoms. The molecule has 0 unspecified atom stereocenters. The van der Waals surface area contributed by atoms with Crippen LogP contribution in [0.3, 0.4) is 0 Å². The Morgan fingerprint density at radius 1 is 1.41 bits per heavy atom. The van der Waals surface area contributed by atoms with E-state index in [1.165, 1.54) is 6.07 Å². The van der Waals surface area contributed by atoms with Crippen LogP contribution < -0.4 is 10.5 Å². The number of anilines is 1. The Morgan fingerprint density at radius 3 is 2.86 bits per heavy atom. The highest BCUT2D eigenvalue weighted by Crippen LogP contribution is 2.27. The number of nitrogens with zero attached hydrogens (tertiary/aromatic N) is 2. The molecule has 0 saturated carbocycles. The SMILES string of the molecule is C/C=N\N1C=CC(Oc2cc(F)c(N)cc2C)=C/C1=C\CC. The molecular formula is C17H20FN3O. The van der Waals surface area contributed by atoms with Gasteiger partial charge < -0.3 is 10.5 Å². The van der Waals surface area contributed by atoms with Gasteiger partial charge in [-0.2, -0.15) is 5.10 Å². The molecule has 0 fully saturated rings. The average molecular weight is 301 g/mol. The lowest BCUT2D eigenvalue weighted by Crippen LogP contribution is -2.13. The lowest BCUT2D eigenvalue weighted by Gasteiger charge is -2.21. The van der Waals surface area contributed by atoms with Crippen molar-refractivity contribution in [1.82, 2.24) is 5.01 Å². The van der Waals surface area contributed by atoms with Crippen molar-refractivity contribution in [2.24, 2.45) is 5.10 Å². The predicted octanol–water partition coefficient (Wildman–Crippen LogP) is 4.11. The maximum absolute atomic E-state index is 13.6. The number of allylic oxidation sites excluding steroid dienone is 3. The fourth-order valence-corrected chi connectivity index (χ4v) is 2.07. The molecule has 0 saturated heterocycles. The van der Waals surface area contributed by atoms with E-state index < -0.39 is 5.82 Å². The molecule has 1 aromatic carbocycles. The molecule has 0 atom stereocenters. The third-order valence-electron chi connectivity index (χ3n) is 3.11. The number of hydrogen-bond acceptors (Lipinski definition) is 4. The lowest BCUT2D eigenvalue weighted by atomic mass is 10.2. The van der Waals surface area contributed by atoms with Gasteiger partial charge in [0.25, 0.3) is 0 Å². The summed E-state index contributed by atoms with van der Waals surface area (Å²) in [5.74, 6) is 0.586. The van der Waals surface area contributed by atoms with Gasteiger partial charge in [-0.15, -0.1) is 0 Å². The van der Waals surface area contributed by atoms with Crippen molar-refractivity contribution in [1.29, 1.82) is 0 Å². The molecule has 0 spiro atoms. The van der Waals surface area contributed by atoms with Gasteiger partial charge in [-0.1, -0.05) is 13.0 Å². The summed E-state index contributed by atoms with van der Waals surface area (Å²) in [4.78, 5) is 0. The molecule has 2 rings (SSSR count). The largest absolute Gasteiger partial charge is 0.457 e. The van der Waals surface area contributed by atoms with E-state index in [9.17, 15) is 4.39 Å². The summed E-state index contributed by atoms with van der Waals surface area (Å²) in [5.41, 5.74) is 7.35. The Hall–Kier alpha value is -2.56. The van der Waals surface area contributed by atoms with Crippen molar-refractivity contribution in [2.45, 2.75) is 27.2 Å². The van der Waals surface area contributed by atoms with Gasteiger partial charge in [0.15, 0.2) is 0 Å². The molecule has 1 aliphatic heterocycles. The van der Waals surface area contributed by atoms with Gasteiger partial charge in [0.2, 0.25) is 0 Å². The maximum atomic E-state index is 13.6. The number of nitrogen functional groups attached to an aromatic ring is 1. The molecule has 1 aliphatic rings. The number of rotatable bonds is 4. The summed E-state index contributed by atoms with van der Waals surface area (Å²) in [6, 6.07) is 2.87. The fraction of sp³-hybridized carbons (Fsp3) is 0.235. The topological polar surface area (TPSA) is 50.8 Å². The van der Waals surface area contributed by atoms with Crippen LogP contribution in [0.2, 0.25) is 0 Å². The second-order valence-electron chi connectivity index (χ2n) is 4.86. The minimum absolute atomic E-state index is 0.119. The van der Waals surface area contributed by atoms with Crippen LogP contribution >= 0.6 is 0 Å². The van der Waals surface area contributed by atoms with Gasteiger partial charge in [-0.25, -0.2) is 9.40 Å². The standard InChI is InChI=1S/C17H20FN3O/c1-4-6-13-10-14(7-8-21(13)20-5-2)22-17-11-15(18)16(19)9-12(17)3/h5-11H,4,19H2,1-3H3/b13-6+,20-5-. The van der Waals surface area contributed by atoms with Crippen LogP contribution in [-0.4, -0.2) is 11.2 Å². The van der Waals surface area contributed by atoms with E-state index in [0.717, 1.165) is 17.7 Å². The monoisotopic (exact) mass is 301 g/mol. The van der Waals surface area contributed by atoms with Gasteiger partial charge in [-0.3, -0.25) is 0 Å². The van der Waals surface area contributed by atoms with Crippen molar-refractivity contribution >= 4 is 11.9 Å². The third-order valence-corrected chi connectivity index (χ3v) is 3.11. The fourth-order valence-electron chi connectivity index (χ4n) is 2.07. The van der Waals surface area contributed by atoms with Gasteiger partial charge in [0.05, 0.1) is 11.4 Å². The molecular weight excluding hydrogens is 281 g/mol. The van der Waals surface area contributed by atoms with Crippen LogP contribution in [0, 0.1) is 12.7 Å². The highest BCUT2D eigenvalue weighted by atomic mass is 19.1. The molecule has 1 heterocycles. The van der Waals surface area contributed by atoms with Crippen molar-refractivity contribution in [3.63, 3.8) is 0 Å². The van der Waals surface area contributed by atoms with E-state index in [1.54, 1.807) is 29.6 Å². The first-order valence-corrected chi connectivity index (χ1v) is 7.16. The number of halogens is 1. The third kappa shape index (κ3) is 3.55. The van der Waals surface area contributed by atoms with Crippen LogP contribution in [0.15, 0.2) is 53.1 Å². The number of hydrogen-bond donors (Lipinski definition) is 1. The first-order chi connectivity index (χ1) is 10.5. The normalized spacial score (nSPS) is 16.5. The Labute approximate surface area is 130 Å². The molecule has 0 amide bonds. The molecule has 22 heavy (non-hydrogen) atoms. The molecule has 0 bridgehead atoms. The molecule has 0 aromatic heterocycles. The van der Waals surface area contributed by atoms with E-state index in [-0.39, 0.29) is 5.69 Å². The highest BCUT2D eigenvalue weighted by molar-refractivity contribution is 5.54. The first-order valence-electron chi connectivity index (χ1n) is 7.16. The van der Waals surface area contributed by atoms with Gasteiger partial charge in [-0.05, 0) is 38.0 Å². The van der Waals surface area contributed by atoms with E-state index in [0.29, 0.717) is 11.5 Å². The average Bonchev–Trinajstić information content (AvgIpc) is 2.48. The van der Waals surface area contributed by atoms with Gasteiger partial charge >= 0.3 is 0 Å². The summed E-state index contributed by atoms with van der Waals surface area (Å²) in [6.07, 6.45) is 10.1. The quantitative estimate of drug-likeness (QED) is 0.672. The smallest absolute Gasteiger partial charge is 0.149 e. The van der Waals surface area contributed by atoms with Gasteiger partial charge in [0.1, 0.15) is 17.3 Å². The maximum Gasteiger partial charge on any atom is 0.149 e. The van der Waals surface area contributed by atoms with Crippen molar-refractivity contribution in [2.75, 3.05) is 5.73 Å². The van der Waals surface area contributed by atoms with Crippen molar-refractivity contribution in [3.05, 3.63) is 59.4 Å². The number of aryl methyl sites for hydroxylation is 1. The Balaban J connectivity index is 2.27. The summed E-state index contributed by atoms with van der Waals surface area (Å²) < 4.78 is 19.4. The first kappa shape index (κ1) is 15.8. The minimum atomic E-state index is -0.484. The van der Waals surface area contributed by atoms with Crippen LogP contribution in [0.4, 0.5) is 10.1 Å². The summed E-state index contributed by atoms with van der Waals surface area (Å²) in [5, 5.41) is 6.00. The molecule has 2 N–H and O–H groups in total. The van der Waals surface area contributed by atoms with Crippen LogP contribution in [-0.2, 0) is 0 Å². The van der Waals surface area contributed by atoms with E-state index in [1.807, 2.05) is 32.9 Å². The van der Waals surface area contributed by atoms with E-state index >= 15 is 0 Å². The summed E-state index contributed by atoms with van der Waals surface area (Å²) in [6.45, 7) is 5.73. The number of benzene rings is 1. The lowest BCUT2D eigenvalue weighted by molar-refractivity contribution is 0.417. The minimum Gasteiger partial charge on any atom is -0.457 e.